The third-order valence-corrected chi connectivity index (χ3v) is 12.9. The van der Waals surface area contributed by atoms with Gasteiger partial charge >= 0.3 is 0 Å². The lowest BCUT2D eigenvalue weighted by Gasteiger charge is -2.16. The largest absolute Gasteiger partial charge is 0.395 e. The molecule has 0 radical (unpaired) electrons. The molecule has 0 spiro atoms. The van der Waals surface area contributed by atoms with Gasteiger partial charge in [-0.05, 0) is 212 Å². The molecule has 0 aromatic heterocycles. The third-order valence-electron chi connectivity index (χ3n) is 11.0. The zero-order valence-electron chi connectivity index (χ0n) is 41.5. The van der Waals surface area contributed by atoms with E-state index in [9.17, 15) is 36.3 Å². The molecule has 75 heavy (non-hydrogen) atoms. The van der Waals surface area contributed by atoms with E-state index in [1.807, 2.05) is 99.6 Å². The fourth-order valence-corrected chi connectivity index (χ4v) is 8.86. The smallest absolute Gasteiger partial charge is 0.253 e. The zero-order valence-corrected chi connectivity index (χ0v) is 47.4. The molecule has 7 N–H and O–H groups in total. The van der Waals surface area contributed by atoms with Gasteiger partial charge in [0.1, 0.15) is 5.82 Å². The van der Waals surface area contributed by atoms with E-state index in [1.54, 1.807) is 25.1 Å². The Morgan fingerprint density at radius 1 is 0.547 bits per heavy atom. The molecule has 11 nitrogen and oxygen atoms in total. The quantitative estimate of drug-likeness (QED) is 0.0271. The van der Waals surface area contributed by atoms with Gasteiger partial charge in [-0.15, -0.1) is 0 Å². The molecule has 0 aliphatic rings. The molecule has 0 fully saturated rings. The van der Waals surface area contributed by atoms with E-state index in [0.29, 0.717) is 35.7 Å². The lowest BCUT2D eigenvalue weighted by atomic mass is 10.1. The van der Waals surface area contributed by atoms with E-state index in [-0.39, 0.29) is 41.6 Å². The minimum atomic E-state index is -1.14. The summed E-state index contributed by atoms with van der Waals surface area (Å²) in [6, 6.07) is 34.9. The van der Waals surface area contributed by atoms with Crippen LogP contribution in [-0.2, 0) is 6.54 Å². The maximum Gasteiger partial charge on any atom is 0.253 e. The van der Waals surface area contributed by atoms with Gasteiger partial charge in [0.15, 0.2) is 23.3 Å². The maximum atomic E-state index is 14.4. The van der Waals surface area contributed by atoms with Crippen molar-refractivity contribution in [2.75, 3.05) is 56.3 Å². The van der Waals surface area contributed by atoms with Crippen molar-refractivity contribution in [2.45, 2.75) is 33.7 Å². The van der Waals surface area contributed by atoms with Crippen LogP contribution in [0.1, 0.15) is 59.7 Å². The second-order valence-electron chi connectivity index (χ2n) is 17.1. The Bertz CT molecular complexity index is 3120. The number of nitrogens with zero attached hydrogens (tertiary/aromatic N) is 1. The fraction of sp³-hybridized carbons (Fsp3) is 0.196. The molecule has 3 amide bonds. The van der Waals surface area contributed by atoms with Gasteiger partial charge < -0.3 is 41.9 Å². The predicted octanol–water partition coefficient (Wildman–Crippen LogP) is 13.2. The van der Waals surface area contributed by atoms with Gasteiger partial charge in [0.2, 0.25) is 0 Å². The summed E-state index contributed by atoms with van der Waals surface area (Å²) in [5, 5.41) is 25.7. The van der Waals surface area contributed by atoms with Crippen LogP contribution < -0.4 is 31.9 Å². The summed E-state index contributed by atoms with van der Waals surface area (Å²) in [5.74, 6) is -5.94. The molecule has 0 saturated carbocycles. The number of hydrogen-bond acceptors (Lipinski definition) is 8. The van der Waals surface area contributed by atoms with Crippen molar-refractivity contribution >= 4 is 113 Å². The summed E-state index contributed by atoms with van der Waals surface area (Å²) in [6.45, 7) is 7.11. The van der Waals surface area contributed by atoms with Crippen LogP contribution in [0.3, 0.4) is 0 Å². The Morgan fingerprint density at radius 3 is 1.53 bits per heavy atom. The van der Waals surface area contributed by atoms with Crippen molar-refractivity contribution in [3.05, 3.63) is 207 Å². The second kappa shape index (κ2) is 29.2. The molecule has 19 heteroatoms. The average Bonchev–Trinajstić information content (AvgIpc) is 3.37. The summed E-state index contributed by atoms with van der Waals surface area (Å²) < 4.78 is 72.6. The van der Waals surface area contributed by atoms with Gasteiger partial charge in [-0.2, -0.15) is 0 Å². The van der Waals surface area contributed by atoms with E-state index in [4.69, 9.17) is 5.11 Å². The van der Waals surface area contributed by atoms with Crippen molar-refractivity contribution in [1.82, 2.24) is 20.9 Å². The SMILES string of the molecule is Cc1cc(Br)ccc1Nc1c(C(=O)NCCO)ccc(F)c1F.Cc1cc(I)ccc1Nc1c(C(=O)NCCCN(C)C)ccc(F)c1F.Cc1cc(I)ccc1Nc1cc(F)ccc1C(=O)NCc1ccccc1. The van der Waals surface area contributed by atoms with Crippen molar-refractivity contribution < 1.29 is 41.4 Å². The van der Waals surface area contributed by atoms with Crippen LogP contribution in [0.5, 0.6) is 0 Å². The molecular weight excluding hydrogens is 1260 g/mol. The number of nitrogens with one attached hydrogen (secondary N) is 6. The third kappa shape index (κ3) is 18.0. The Hall–Kier alpha value is -6.14. The Labute approximate surface area is 468 Å². The van der Waals surface area contributed by atoms with Crippen molar-refractivity contribution in [3.8, 4) is 0 Å². The number of aliphatic hydroxyl groups is 1. The first-order chi connectivity index (χ1) is 35.8. The molecule has 0 heterocycles. The lowest BCUT2D eigenvalue weighted by Crippen LogP contribution is -2.28. The van der Waals surface area contributed by atoms with E-state index in [1.165, 1.54) is 30.3 Å². The van der Waals surface area contributed by atoms with E-state index < -0.39 is 40.9 Å². The number of aryl methyl sites for hydroxylation is 3. The number of benzene rings is 7. The molecule has 0 saturated heterocycles. The monoisotopic (exact) mass is 1320 g/mol. The summed E-state index contributed by atoms with van der Waals surface area (Å²) >= 11 is 7.74. The van der Waals surface area contributed by atoms with Crippen molar-refractivity contribution in [1.29, 1.82) is 0 Å². The molecule has 0 unspecified atom stereocenters. The van der Waals surface area contributed by atoms with Gasteiger partial charge in [-0.3, -0.25) is 14.4 Å². The number of aliphatic hydroxyl groups excluding tert-OH is 1. The van der Waals surface area contributed by atoms with Crippen LogP contribution in [0.2, 0.25) is 0 Å². The Morgan fingerprint density at radius 2 is 1.03 bits per heavy atom. The number of halogens is 8. The Balaban J connectivity index is 0.000000209. The molecule has 0 bridgehead atoms. The van der Waals surface area contributed by atoms with Crippen LogP contribution in [0.4, 0.5) is 56.1 Å². The summed E-state index contributed by atoms with van der Waals surface area (Å²) in [5.41, 5.74) is 6.20. The van der Waals surface area contributed by atoms with Gasteiger partial charge in [0, 0.05) is 48.3 Å². The van der Waals surface area contributed by atoms with Crippen LogP contribution >= 0.6 is 61.1 Å². The number of anilines is 6. The molecule has 7 rings (SSSR count). The molecular formula is C56H55BrF5I2N7O4. The summed E-state index contributed by atoms with van der Waals surface area (Å²) in [6.07, 6.45) is 0.765. The van der Waals surface area contributed by atoms with Crippen LogP contribution in [0.25, 0.3) is 0 Å². The minimum absolute atomic E-state index is 0.0224. The van der Waals surface area contributed by atoms with E-state index in [0.717, 1.165) is 64.7 Å². The fourth-order valence-electron chi connectivity index (χ4n) is 7.09. The molecule has 0 atom stereocenters. The first kappa shape index (κ1) is 59.7. The minimum Gasteiger partial charge on any atom is -0.395 e. The topological polar surface area (TPSA) is 147 Å². The highest BCUT2D eigenvalue weighted by Gasteiger charge is 2.21. The molecule has 0 aliphatic carbocycles. The molecule has 394 valence electrons. The summed E-state index contributed by atoms with van der Waals surface area (Å²) in [4.78, 5) is 39.1. The first-order valence-corrected chi connectivity index (χ1v) is 26.2. The molecule has 0 aliphatic heterocycles. The number of carbonyl (C=O) groups excluding carboxylic acids is 3. The van der Waals surface area contributed by atoms with Crippen molar-refractivity contribution in [2.24, 2.45) is 0 Å². The maximum absolute atomic E-state index is 14.4. The van der Waals surface area contributed by atoms with Crippen LogP contribution in [0, 0.1) is 57.0 Å². The molecule has 7 aromatic carbocycles. The van der Waals surface area contributed by atoms with E-state index >= 15 is 0 Å². The lowest BCUT2D eigenvalue weighted by molar-refractivity contribution is 0.0939. The zero-order chi connectivity index (χ0) is 54.8. The normalized spacial score (nSPS) is 10.6. The van der Waals surface area contributed by atoms with Gasteiger partial charge in [-0.1, -0.05) is 46.3 Å². The predicted molar refractivity (Wildman–Crippen MR) is 308 cm³/mol. The van der Waals surface area contributed by atoms with Crippen LogP contribution in [0.15, 0.2) is 132 Å². The highest BCUT2D eigenvalue weighted by atomic mass is 127. The highest BCUT2D eigenvalue weighted by Crippen LogP contribution is 2.31. The Kier molecular flexibility index (Phi) is 23.3. The van der Waals surface area contributed by atoms with E-state index in [2.05, 4.69) is 93.0 Å². The van der Waals surface area contributed by atoms with Gasteiger partial charge in [0.05, 0.1) is 40.4 Å². The number of carbonyl (C=O) groups is 3. The second-order valence-corrected chi connectivity index (χ2v) is 20.5. The first-order valence-electron chi connectivity index (χ1n) is 23.2. The standard InChI is InChI=1S/C21H18FIN2O.C19H22F2IN3O.C16H15BrF2N2O2/c1-14-11-17(23)8-10-19(14)25-20-12-16(22)7-9-18(20)21(26)24-13-15-5-3-2-4-6-15;1-12-11-13(22)5-8-16(12)24-18-14(6-7-15(20)17(18)21)19(26)23-9-4-10-25(2)3;1-9-8-10(17)2-5-13(9)21-15-11(16(23)20-6-7-22)3-4-12(18)14(15)19/h2-12,25H,13H2,1H3,(H,24,26);5-8,11,24H,4,9-10H2,1-3H3,(H,23,26);2-5,8,21-22H,6-7H2,1H3,(H,20,23). The number of amides is 3. The van der Waals surface area contributed by atoms with Gasteiger partial charge in [-0.25, -0.2) is 22.0 Å². The van der Waals surface area contributed by atoms with Crippen LogP contribution in [-0.4, -0.2) is 68.1 Å². The molecule has 7 aromatic rings. The van der Waals surface area contributed by atoms with Gasteiger partial charge in [0.25, 0.3) is 17.7 Å². The summed E-state index contributed by atoms with van der Waals surface area (Å²) in [7, 11) is 3.89. The highest BCUT2D eigenvalue weighted by molar-refractivity contribution is 14.1. The number of hydrogen-bond donors (Lipinski definition) is 7. The number of rotatable bonds is 17. The average molecular weight is 1320 g/mol. The van der Waals surface area contributed by atoms with Crippen molar-refractivity contribution in [3.63, 3.8) is 0 Å².